The highest BCUT2D eigenvalue weighted by atomic mass is 16.3. The lowest BCUT2D eigenvalue weighted by molar-refractivity contribution is 0.0449. The van der Waals surface area contributed by atoms with E-state index in [1.807, 2.05) is 0 Å². The zero-order chi connectivity index (χ0) is 5.86. The highest BCUT2D eigenvalue weighted by Crippen LogP contribution is 1.93. The van der Waals surface area contributed by atoms with E-state index in [1.54, 1.807) is 6.92 Å². The molecule has 0 saturated carbocycles. The van der Waals surface area contributed by atoms with Gasteiger partial charge in [0.25, 0.3) is 0 Å². The highest BCUT2D eigenvalue weighted by Gasteiger charge is 2.05. The number of hydrogen-bond donors (Lipinski definition) is 2. The van der Waals surface area contributed by atoms with E-state index in [2.05, 4.69) is 6.92 Å². The third-order valence-electron chi connectivity index (χ3n) is 0.862. The monoisotopic (exact) mass is 103 g/mol. The quantitative estimate of drug-likeness (QED) is 0.514. The molecule has 2 N–H and O–H groups in total. The lowest BCUT2D eigenvalue weighted by atomic mass is 10.2. The van der Waals surface area contributed by atoms with Crippen LogP contribution in [0.4, 0.5) is 0 Å². The van der Waals surface area contributed by atoms with Crippen LogP contribution in [0.25, 0.3) is 0 Å². The average molecular weight is 103 g/mol. The molecule has 0 spiro atoms. The first-order chi connectivity index (χ1) is 3.18. The molecule has 7 heavy (non-hydrogen) atoms. The third kappa shape index (κ3) is 2.60. The summed E-state index contributed by atoms with van der Waals surface area (Å²) < 4.78 is 0. The van der Waals surface area contributed by atoms with Gasteiger partial charge in [-0.05, 0) is 13.3 Å². The standard InChI is InChI=1S/C5H11O2/c1-3-5(7)4(2)6/h4-7H,2-3H2,1H3. The van der Waals surface area contributed by atoms with E-state index in [1.165, 1.54) is 0 Å². The van der Waals surface area contributed by atoms with Gasteiger partial charge < -0.3 is 10.2 Å². The van der Waals surface area contributed by atoms with Crippen LogP contribution in [0.5, 0.6) is 0 Å². The van der Waals surface area contributed by atoms with Gasteiger partial charge in [0.2, 0.25) is 0 Å². The van der Waals surface area contributed by atoms with E-state index < -0.39 is 12.2 Å². The molecule has 2 atom stereocenters. The maximum Gasteiger partial charge on any atom is 0.0800 e. The lowest BCUT2D eigenvalue weighted by Gasteiger charge is -2.08. The molecule has 0 saturated heterocycles. The van der Waals surface area contributed by atoms with Gasteiger partial charge in [-0.3, -0.25) is 0 Å². The van der Waals surface area contributed by atoms with Gasteiger partial charge in [-0.25, -0.2) is 0 Å². The van der Waals surface area contributed by atoms with Crippen LogP contribution in [0, 0.1) is 6.92 Å². The summed E-state index contributed by atoms with van der Waals surface area (Å²) in [4.78, 5) is 0. The van der Waals surface area contributed by atoms with Crippen LogP contribution in [-0.2, 0) is 0 Å². The van der Waals surface area contributed by atoms with Gasteiger partial charge in [0.1, 0.15) is 0 Å². The summed E-state index contributed by atoms with van der Waals surface area (Å²) in [6.07, 6.45) is -0.921. The van der Waals surface area contributed by atoms with E-state index in [0.717, 1.165) is 0 Å². The number of aliphatic hydroxyl groups excluding tert-OH is 2. The fourth-order valence-corrected chi connectivity index (χ4v) is 0.272. The molecule has 0 aliphatic carbocycles. The van der Waals surface area contributed by atoms with E-state index in [0.29, 0.717) is 6.42 Å². The Morgan fingerprint density at radius 1 is 1.57 bits per heavy atom. The van der Waals surface area contributed by atoms with Crippen molar-refractivity contribution in [3.05, 3.63) is 6.92 Å². The predicted octanol–water partition coefficient (Wildman–Crippen LogP) is -0.0477. The van der Waals surface area contributed by atoms with Crippen molar-refractivity contribution in [1.29, 1.82) is 0 Å². The van der Waals surface area contributed by atoms with Gasteiger partial charge in [-0.15, -0.1) is 0 Å². The minimum absolute atomic E-state index is 0.560. The molecule has 0 aliphatic rings. The van der Waals surface area contributed by atoms with E-state index in [-0.39, 0.29) is 0 Å². The van der Waals surface area contributed by atoms with Crippen molar-refractivity contribution in [2.24, 2.45) is 0 Å². The Morgan fingerprint density at radius 3 is 2.00 bits per heavy atom. The van der Waals surface area contributed by atoms with Crippen molar-refractivity contribution in [2.75, 3.05) is 0 Å². The van der Waals surface area contributed by atoms with Crippen LogP contribution >= 0.6 is 0 Å². The Hall–Kier alpha value is -0.0800. The number of hydrogen-bond acceptors (Lipinski definition) is 2. The second kappa shape index (κ2) is 2.99. The van der Waals surface area contributed by atoms with Crippen molar-refractivity contribution in [2.45, 2.75) is 25.6 Å². The summed E-state index contributed by atoms with van der Waals surface area (Å²) in [6.45, 7) is 5.01. The Labute approximate surface area is 43.8 Å². The van der Waals surface area contributed by atoms with Crippen LogP contribution in [0.15, 0.2) is 0 Å². The molecule has 1 radical (unpaired) electrons. The van der Waals surface area contributed by atoms with Crippen molar-refractivity contribution < 1.29 is 10.2 Å². The fraction of sp³-hybridized carbons (Fsp3) is 0.800. The van der Waals surface area contributed by atoms with E-state index in [9.17, 15) is 0 Å². The first kappa shape index (κ1) is 6.92. The lowest BCUT2D eigenvalue weighted by Crippen LogP contribution is -2.21. The Kier molecular flexibility index (Phi) is 2.96. The Bertz CT molecular complexity index is 43.3. The molecule has 2 heteroatoms. The molecule has 0 heterocycles. The van der Waals surface area contributed by atoms with Crippen molar-refractivity contribution >= 4 is 0 Å². The SMILES string of the molecule is [CH2]C(O)C(O)CC. The molecule has 2 nitrogen and oxygen atoms in total. The first-order valence-electron chi connectivity index (χ1n) is 2.37. The second-order valence-corrected chi connectivity index (χ2v) is 1.54. The zero-order valence-electron chi connectivity index (χ0n) is 4.46. The summed E-state index contributed by atoms with van der Waals surface area (Å²) >= 11 is 0. The molecule has 0 aromatic rings. The Morgan fingerprint density at radius 2 is 2.00 bits per heavy atom. The normalized spacial score (nSPS) is 18.9. The zero-order valence-corrected chi connectivity index (χ0v) is 4.46. The molecule has 0 amide bonds. The third-order valence-corrected chi connectivity index (χ3v) is 0.862. The molecule has 0 aliphatic heterocycles. The van der Waals surface area contributed by atoms with Crippen LogP contribution in [0.1, 0.15) is 13.3 Å². The Balaban J connectivity index is 3.14. The smallest absolute Gasteiger partial charge is 0.0800 e. The minimum atomic E-state index is -0.829. The molecule has 2 unspecified atom stereocenters. The van der Waals surface area contributed by atoms with Crippen LogP contribution in [0.2, 0.25) is 0 Å². The van der Waals surface area contributed by atoms with Crippen molar-refractivity contribution in [3.8, 4) is 0 Å². The van der Waals surface area contributed by atoms with Gasteiger partial charge in [0.05, 0.1) is 12.2 Å². The second-order valence-electron chi connectivity index (χ2n) is 1.54. The average Bonchev–Trinajstić information content (AvgIpc) is 1.65. The molecular weight excluding hydrogens is 92.1 g/mol. The summed E-state index contributed by atoms with van der Waals surface area (Å²) in [5.41, 5.74) is 0. The maximum absolute atomic E-state index is 8.62. The summed E-state index contributed by atoms with van der Waals surface area (Å²) in [6, 6.07) is 0. The minimum Gasteiger partial charge on any atom is -0.390 e. The van der Waals surface area contributed by atoms with Crippen molar-refractivity contribution in [1.82, 2.24) is 0 Å². The molecule has 0 aromatic heterocycles. The fourth-order valence-electron chi connectivity index (χ4n) is 0.272. The highest BCUT2D eigenvalue weighted by molar-refractivity contribution is 4.65. The van der Waals surface area contributed by atoms with Crippen LogP contribution in [0.3, 0.4) is 0 Å². The van der Waals surface area contributed by atoms with Crippen LogP contribution in [-0.4, -0.2) is 22.4 Å². The van der Waals surface area contributed by atoms with Gasteiger partial charge >= 0.3 is 0 Å². The van der Waals surface area contributed by atoms with E-state index >= 15 is 0 Å². The first-order valence-corrected chi connectivity index (χ1v) is 2.37. The van der Waals surface area contributed by atoms with Gasteiger partial charge in [0, 0.05) is 0 Å². The number of rotatable bonds is 2. The maximum atomic E-state index is 8.62. The molecule has 0 bridgehead atoms. The van der Waals surface area contributed by atoms with Crippen LogP contribution < -0.4 is 0 Å². The number of aliphatic hydroxyl groups is 2. The summed E-state index contributed by atoms with van der Waals surface area (Å²) in [5, 5.41) is 17.1. The molecular formula is C5H11O2. The van der Waals surface area contributed by atoms with Gasteiger partial charge in [-0.1, -0.05) is 6.92 Å². The molecule has 43 valence electrons. The summed E-state index contributed by atoms with van der Waals surface area (Å²) in [5.74, 6) is 0. The topological polar surface area (TPSA) is 40.5 Å². The van der Waals surface area contributed by atoms with Gasteiger partial charge in [0.15, 0.2) is 0 Å². The largest absolute Gasteiger partial charge is 0.390 e. The summed E-state index contributed by atoms with van der Waals surface area (Å²) in [7, 11) is 0. The molecule has 0 fully saturated rings. The predicted molar refractivity (Wildman–Crippen MR) is 27.7 cm³/mol. The van der Waals surface area contributed by atoms with E-state index in [4.69, 9.17) is 10.2 Å². The molecule has 0 rings (SSSR count). The van der Waals surface area contributed by atoms with Crippen molar-refractivity contribution in [3.63, 3.8) is 0 Å². The molecule has 0 aromatic carbocycles. The van der Waals surface area contributed by atoms with Gasteiger partial charge in [-0.2, -0.15) is 0 Å².